The predicted molar refractivity (Wildman–Crippen MR) is 348 cm³/mol. The van der Waals surface area contributed by atoms with Crippen molar-refractivity contribution in [3.63, 3.8) is 0 Å². The third-order valence-electron chi connectivity index (χ3n) is 15.1. The van der Waals surface area contributed by atoms with Crippen molar-refractivity contribution in [1.82, 2.24) is 20.4 Å². The summed E-state index contributed by atoms with van der Waals surface area (Å²) in [6.45, 7) is 44.4. The van der Waals surface area contributed by atoms with Crippen LogP contribution >= 0.6 is 34.8 Å². The molecule has 2 aromatic heterocycles. The number of aromatic nitrogens is 4. The van der Waals surface area contributed by atoms with Crippen LogP contribution in [0, 0.1) is 27.0 Å². The zero-order valence-electron chi connectivity index (χ0n) is 50.4. The number of carbonyl (C=O) groups is 2. The summed E-state index contributed by atoms with van der Waals surface area (Å²) in [5.41, 5.74) is 13.6. The monoisotopic (exact) mass is 1240 g/mol. The van der Waals surface area contributed by atoms with Gasteiger partial charge in [-0.15, -0.1) is 20.4 Å². The molecule has 0 bridgehead atoms. The van der Waals surface area contributed by atoms with Gasteiger partial charge in [0.2, 0.25) is 34.9 Å². The maximum Gasteiger partial charge on any atom is 0.255 e. The van der Waals surface area contributed by atoms with Crippen molar-refractivity contribution < 1.29 is 27.3 Å². The number of amides is 1. The summed E-state index contributed by atoms with van der Waals surface area (Å²) < 4.78 is 25.7. The molecule has 0 aliphatic carbocycles. The lowest BCUT2D eigenvalue weighted by Gasteiger charge is -2.40. The van der Waals surface area contributed by atoms with E-state index in [1.165, 1.54) is 0 Å². The second-order valence-electron chi connectivity index (χ2n) is 23.3. The second kappa shape index (κ2) is 28.5. The number of anilines is 4. The SMILES string of the molecule is O=C(Cl)c1ccccc1.[C-]#[N+]c1ccc(N[C@@H](c2nnc(-c3ccc(N)cc3)o2)[C@@H](C)O[Si](C)(C)C(C)(C)C)c(C)c1Cl.[C-]#[N+]c1ccc(N[C@@H](c2nnc(-c3ccc(NC(=O)c4ccccc4)cc3)o2)[C@@H](C)O[Si](C)(C)C(C)(C)C)c(C)c1Cl. The lowest BCUT2D eigenvalue weighted by molar-refractivity contribution is 0.102. The summed E-state index contributed by atoms with van der Waals surface area (Å²) in [6, 6.07) is 38.4. The Balaban J connectivity index is 0.000000241. The Bertz CT molecular complexity index is 3650. The van der Waals surface area contributed by atoms with E-state index >= 15 is 0 Å². The van der Waals surface area contributed by atoms with Crippen LogP contribution in [0.25, 0.3) is 32.6 Å². The van der Waals surface area contributed by atoms with Gasteiger partial charge < -0.3 is 39.4 Å². The summed E-state index contributed by atoms with van der Waals surface area (Å²) in [7, 11) is -4.25. The Kier molecular flexibility index (Phi) is 22.3. The summed E-state index contributed by atoms with van der Waals surface area (Å²) in [6.07, 6.45) is -0.604. The molecule has 0 spiro atoms. The van der Waals surface area contributed by atoms with Gasteiger partial charge in [-0.05, 0) is 159 Å². The number of nitrogens with zero attached hydrogens (tertiary/aromatic N) is 6. The fourth-order valence-corrected chi connectivity index (χ4v) is 11.4. The molecule has 85 heavy (non-hydrogen) atoms. The summed E-state index contributed by atoms with van der Waals surface area (Å²) >= 11 is 18.1. The molecule has 0 fully saturated rings. The van der Waals surface area contributed by atoms with Crippen molar-refractivity contribution in [3.8, 4) is 22.9 Å². The van der Waals surface area contributed by atoms with Crippen molar-refractivity contribution in [2.24, 2.45) is 0 Å². The van der Waals surface area contributed by atoms with E-state index in [0.29, 0.717) is 73.0 Å². The first-order chi connectivity index (χ1) is 39.9. The molecular weight excluding hydrogens is 1170 g/mol. The number of nitrogens with two attached hydrogens (primary N) is 1. The lowest BCUT2D eigenvalue weighted by atomic mass is 10.1. The Hall–Kier alpha value is -7.66. The number of nitrogen functional groups attached to an aromatic ring is 1. The topological polar surface area (TPSA) is 201 Å². The molecular formula is C64H73Cl3N10O6Si2. The van der Waals surface area contributed by atoms with Crippen molar-refractivity contribution >= 4 is 96.7 Å². The van der Waals surface area contributed by atoms with Gasteiger partial charge >= 0.3 is 0 Å². The standard InChI is InChI=1S/C32H36ClN5O3Si.C25H32ClN5O2Si.C7H5ClO/c1-20-25(18-19-26(34-6)27(20)33)36-28(21(2)41-42(7,8)32(3,4)5)31-38-37-30(40-31)23-14-16-24(17-15-23)35-29(39)22-12-10-9-11-13-22;1-15-19(13-14-20(28-6)21(15)26)29-22(16(2)33-34(7,8)25(3,4)5)24-31-30-23(32-24)17-9-11-18(27)12-10-17;8-7(9)6-4-2-1-3-5-6/h9-19,21,28,36H,1-5,7-8H3,(H,35,39);9-14,16,22,29H,27H2,1-5,7-8H3;1-5H/t21-,28-;16-,22-;/m11./s1. The lowest BCUT2D eigenvalue weighted by Crippen LogP contribution is -2.45. The van der Waals surface area contributed by atoms with Crippen molar-refractivity contribution in [2.45, 2.75) is 130 Å². The molecule has 2 heterocycles. The number of hydrogen-bond acceptors (Lipinski definition) is 13. The molecule has 4 atom stereocenters. The van der Waals surface area contributed by atoms with Gasteiger partial charge in [0.05, 0.1) is 35.4 Å². The third-order valence-corrected chi connectivity index (χ3v) is 25.4. The Labute approximate surface area is 516 Å². The smallest absolute Gasteiger partial charge is 0.255 e. The van der Waals surface area contributed by atoms with Crippen LogP contribution in [0.5, 0.6) is 0 Å². The molecule has 5 N–H and O–H groups in total. The van der Waals surface area contributed by atoms with Crippen LogP contribution < -0.4 is 21.7 Å². The molecule has 8 aromatic rings. The highest BCUT2D eigenvalue weighted by Crippen LogP contribution is 2.43. The fraction of sp³-hybridized carbons (Fsp3) is 0.312. The van der Waals surface area contributed by atoms with E-state index in [0.717, 1.165) is 28.1 Å². The Morgan fingerprint density at radius 3 is 1.31 bits per heavy atom. The zero-order valence-corrected chi connectivity index (χ0v) is 54.6. The average Bonchev–Trinajstić information content (AvgIpc) is 4.35. The van der Waals surface area contributed by atoms with Gasteiger partial charge in [-0.25, -0.2) is 9.69 Å². The van der Waals surface area contributed by atoms with E-state index in [1.807, 2.05) is 88.4 Å². The number of carbonyl (C=O) groups excluding carboxylic acids is 2. The maximum atomic E-state index is 12.5. The van der Waals surface area contributed by atoms with Crippen LogP contribution in [-0.4, -0.2) is 60.4 Å². The number of halogens is 3. The van der Waals surface area contributed by atoms with Crippen LogP contribution in [0.3, 0.4) is 0 Å². The highest BCUT2D eigenvalue weighted by atomic mass is 35.5. The highest BCUT2D eigenvalue weighted by Gasteiger charge is 2.42. The minimum atomic E-state index is -2.15. The molecule has 0 aliphatic heterocycles. The molecule has 8 rings (SSSR count). The van der Waals surface area contributed by atoms with E-state index in [4.69, 9.17) is 71.4 Å². The van der Waals surface area contributed by atoms with Crippen LogP contribution in [0.4, 0.5) is 34.1 Å². The highest BCUT2D eigenvalue weighted by molar-refractivity contribution is 6.74. The van der Waals surface area contributed by atoms with Crippen LogP contribution in [0.15, 0.2) is 142 Å². The summed E-state index contributed by atoms with van der Waals surface area (Å²) in [5, 5.41) is 27.7. The van der Waals surface area contributed by atoms with E-state index in [1.54, 1.807) is 72.8 Å². The van der Waals surface area contributed by atoms with Crippen LogP contribution in [-0.2, 0) is 8.85 Å². The third kappa shape index (κ3) is 17.3. The molecule has 21 heteroatoms. The molecule has 0 saturated heterocycles. The molecule has 0 unspecified atom stereocenters. The van der Waals surface area contributed by atoms with E-state index < -0.39 is 34.0 Å². The first-order valence-corrected chi connectivity index (χ1v) is 34.4. The number of benzene rings is 6. The van der Waals surface area contributed by atoms with Gasteiger partial charge in [-0.1, -0.05) is 125 Å². The predicted octanol–water partition coefficient (Wildman–Crippen LogP) is 18.5. The minimum Gasteiger partial charge on any atom is -0.418 e. The fourth-order valence-electron chi connectivity index (χ4n) is 7.98. The molecule has 1 amide bonds. The second-order valence-corrected chi connectivity index (χ2v) is 33.9. The van der Waals surface area contributed by atoms with Crippen molar-refractivity contribution in [1.29, 1.82) is 0 Å². The number of hydrogen-bond donors (Lipinski definition) is 4. The van der Waals surface area contributed by atoms with Crippen LogP contribution in [0.2, 0.25) is 46.3 Å². The van der Waals surface area contributed by atoms with Gasteiger partial charge in [-0.3, -0.25) is 9.59 Å². The van der Waals surface area contributed by atoms with E-state index in [2.05, 4.69) is 114 Å². The van der Waals surface area contributed by atoms with Gasteiger partial charge in [0.1, 0.15) is 12.1 Å². The summed E-state index contributed by atoms with van der Waals surface area (Å²) in [4.78, 5) is 29.9. The average molecular weight is 1240 g/mol. The zero-order chi connectivity index (χ0) is 62.6. The number of nitrogens with one attached hydrogen (secondary N) is 3. The maximum absolute atomic E-state index is 12.5. The first-order valence-electron chi connectivity index (χ1n) is 27.4. The van der Waals surface area contributed by atoms with Gasteiger partial charge in [0, 0.05) is 45.0 Å². The van der Waals surface area contributed by atoms with Gasteiger partial charge in [0.25, 0.3) is 11.1 Å². The van der Waals surface area contributed by atoms with Crippen molar-refractivity contribution in [3.05, 3.63) is 200 Å². The normalized spacial score (nSPS) is 13.0. The quantitative estimate of drug-likeness (QED) is 0.0291. The molecule has 444 valence electrons. The van der Waals surface area contributed by atoms with E-state index in [-0.39, 0.29) is 28.2 Å². The number of rotatable bonds is 17. The molecule has 6 aromatic carbocycles. The van der Waals surface area contributed by atoms with Crippen LogP contribution in [0.1, 0.15) is 111 Å². The van der Waals surface area contributed by atoms with Gasteiger partial charge in [0.15, 0.2) is 16.6 Å². The Morgan fingerprint density at radius 2 is 0.953 bits per heavy atom. The molecule has 16 nitrogen and oxygen atoms in total. The summed E-state index contributed by atoms with van der Waals surface area (Å²) in [5.74, 6) is 1.33. The van der Waals surface area contributed by atoms with Crippen molar-refractivity contribution in [2.75, 3.05) is 21.7 Å². The molecule has 0 radical (unpaired) electrons. The minimum absolute atomic E-state index is 0.00000839. The van der Waals surface area contributed by atoms with E-state index in [9.17, 15) is 9.59 Å². The molecule has 0 aliphatic rings. The first kappa shape index (κ1) is 66.5. The van der Waals surface area contributed by atoms with Gasteiger partial charge in [-0.2, -0.15) is 0 Å². The Morgan fingerprint density at radius 1 is 0.576 bits per heavy atom. The molecule has 0 saturated carbocycles. The largest absolute Gasteiger partial charge is 0.418 e.